The summed E-state index contributed by atoms with van der Waals surface area (Å²) in [5.41, 5.74) is 1.47. The number of hydrogen-bond acceptors (Lipinski definition) is 4. The molecular formula is C24H23BrCl2N2O3S2. The highest BCUT2D eigenvalue weighted by molar-refractivity contribution is 9.10. The number of nitrogens with zero attached hydrogens (tertiary/aromatic N) is 1. The van der Waals surface area contributed by atoms with Gasteiger partial charge >= 0.3 is 0 Å². The van der Waals surface area contributed by atoms with E-state index in [2.05, 4.69) is 21.2 Å². The minimum absolute atomic E-state index is 0.0780. The molecule has 3 rings (SSSR count). The van der Waals surface area contributed by atoms with E-state index in [1.807, 2.05) is 37.4 Å². The fourth-order valence-corrected chi connectivity index (χ4v) is 5.76. The van der Waals surface area contributed by atoms with Crippen molar-refractivity contribution in [3.63, 3.8) is 0 Å². The van der Waals surface area contributed by atoms with Gasteiger partial charge in [0.05, 0.1) is 17.5 Å². The largest absolute Gasteiger partial charge is 0.348 e. The van der Waals surface area contributed by atoms with E-state index in [1.165, 1.54) is 12.1 Å². The van der Waals surface area contributed by atoms with E-state index in [-0.39, 0.29) is 24.0 Å². The SMILES string of the molecule is CSc1ccc([C@H](C)NC(=O)CN(Cc2ccc(Cl)cc2Cl)S(=O)(=O)c2ccc(Br)cc2)cc1. The Labute approximate surface area is 223 Å². The van der Waals surface area contributed by atoms with E-state index >= 15 is 0 Å². The molecule has 10 heteroatoms. The minimum atomic E-state index is -3.99. The fourth-order valence-electron chi connectivity index (χ4n) is 3.24. The molecule has 180 valence electrons. The van der Waals surface area contributed by atoms with Crippen molar-refractivity contribution in [2.75, 3.05) is 12.8 Å². The first-order valence-electron chi connectivity index (χ1n) is 10.2. The van der Waals surface area contributed by atoms with E-state index in [0.717, 1.165) is 19.2 Å². The predicted molar refractivity (Wildman–Crippen MR) is 143 cm³/mol. The van der Waals surface area contributed by atoms with Crippen LogP contribution in [0.15, 0.2) is 81.0 Å². The third-order valence-corrected chi connectivity index (χ3v) is 8.79. The third kappa shape index (κ3) is 6.99. The average molecular weight is 602 g/mol. The highest BCUT2D eigenvalue weighted by Crippen LogP contribution is 2.26. The number of rotatable bonds is 9. The molecule has 0 saturated heterocycles. The van der Waals surface area contributed by atoms with E-state index in [1.54, 1.807) is 42.1 Å². The lowest BCUT2D eigenvalue weighted by Crippen LogP contribution is -2.41. The fraction of sp³-hybridized carbons (Fsp3) is 0.208. The van der Waals surface area contributed by atoms with Gasteiger partial charge in [0, 0.05) is 26.0 Å². The molecule has 0 radical (unpaired) electrons. The number of thioether (sulfide) groups is 1. The van der Waals surface area contributed by atoms with Crippen molar-refractivity contribution in [2.24, 2.45) is 0 Å². The molecule has 0 saturated carbocycles. The molecule has 34 heavy (non-hydrogen) atoms. The lowest BCUT2D eigenvalue weighted by Gasteiger charge is -2.24. The van der Waals surface area contributed by atoms with Crippen LogP contribution in [0.25, 0.3) is 0 Å². The van der Waals surface area contributed by atoms with Crippen LogP contribution in [0.5, 0.6) is 0 Å². The quantitative estimate of drug-likeness (QED) is 0.283. The molecule has 0 fully saturated rings. The summed E-state index contributed by atoms with van der Waals surface area (Å²) in [4.78, 5) is 14.1. The number of nitrogens with one attached hydrogen (secondary N) is 1. The maximum absolute atomic E-state index is 13.4. The number of sulfonamides is 1. The number of carbonyl (C=O) groups excluding carboxylic acids is 1. The first-order chi connectivity index (χ1) is 16.1. The number of hydrogen-bond donors (Lipinski definition) is 1. The van der Waals surface area contributed by atoms with Crippen LogP contribution in [-0.4, -0.2) is 31.4 Å². The maximum atomic E-state index is 13.4. The Balaban J connectivity index is 1.84. The zero-order chi connectivity index (χ0) is 24.9. The van der Waals surface area contributed by atoms with E-state index < -0.39 is 15.9 Å². The predicted octanol–water partition coefficient (Wildman–Crippen LogP) is 6.55. The van der Waals surface area contributed by atoms with Gasteiger partial charge < -0.3 is 5.32 Å². The molecule has 0 aromatic heterocycles. The monoisotopic (exact) mass is 600 g/mol. The molecule has 0 aliphatic rings. The van der Waals surface area contributed by atoms with Crippen LogP contribution >= 0.6 is 50.9 Å². The molecule has 0 aliphatic carbocycles. The first kappa shape index (κ1) is 27.0. The van der Waals surface area contributed by atoms with Crippen molar-refractivity contribution in [1.82, 2.24) is 9.62 Å². The van der Waals surface area contributed by atoms with Crippen LogP contribution in [0.4, 0.5) is 0 Å². The van der Waals surface area contributed by atoms with E-state index in [0.29, 0.717) is 15.6 Å². The third-order valence-electron chi connectivity index (χ3n) is 5.13. The van der Waals surface area contributed by atoms with Gasteiger partial charge in [0.1, 0.15) is 0 Å². The summed E-state index contributed by atoms with van der Waals surface area (Å²) in [5, 5.41) is 3.66. The Morgan fingerprint density at radius 3 is 2.29 bits per heavy atom. The van der Waals surface area contributed by atoms with Gasteiger partial charge in [-0.15, -0.1) is 11.8 Å². The van der Waals surface area contributed by atoms with Crippen LogP contribution in [0.3, 0.4) is 0 Å². The van der Waals surface area contributed by atoms with Gasteiger partial charge in [0.25, 0.3) is 0 Å². The highest BCUT2D eigenvalue weighted by Gasteiger charge is 2.28. The van der Waals surface area contributed by atoms with Crippen molar-refractivity contribution in [2.45, 2.75) is 29.3 Å². The number of benzene rings is 3. The summed E-state index contributed by atoms with van der Waals surface area (Å²) in [5.74, 6) is -0.424. The second-order valence-corrected chi connectivity index (χ2v) is 12.1. The van der Waals surface area contributed by atoms with E-state index in [9.17, 15) is 13.2 Å². The Morgan fingerprint density at radius 2 is 1.71 bits per heavy atom. The summed E-state index contributed by atoms with van der Waals surface area (Å²) < 4.78 is 28.8. The van der Waals surface area contributed by atoms with Crippen molar-refractivity contribution >= 4 is 66.8 Å². The van der Waals surface area contributed by atoms with Crippen molar-refractivity contribution in [3.8, 4) is 0 Å². The van der Waals surface area contributed by atoms with Gasteiger partial charge in [-0.05, 0) is 72.8 Å². The zero-order valence-corrected chi connectivity index (χ0v) is 23.2. The molecule has 1 N–H and O–H groups in total. The van der Waals surface area contributed by atoms with Gasteiger partial charge in [-0.25, -0.2) is 8.42 Å². The number of amides is 1. The molecule has 1 atom stereocenters. The average Bonchev–Trinajstić information content (AvgIpc) is 2.80. The topological polar surface area (TPSA) is 66.5 Å². The molecule has 0 bridgehead atoms. The Bertz CT molecular complexity index is 1250. The van der Waals surface area contributed by atoms with Gasteiger partial charge in [0.2, 0.25) is 15.9 Å². The smallest absolute Gasteiger partial charge is 0.243 e. The van der Waals surface area contributed by atoms with Gasteiger partial charge in [0.15, 0.2) is 0 Å². The Hall–Kier alpha value is -1.55. The van der Waals surface area contributed by atoms with Crippen LogP contribution in [0.1, 0.15) is 24.1 Å². The minimum Gasteiger partial charge on any atom is -0.348 e. The standard InChI is InChI=1S/C24H23BrCl2N2O3S2/c1-16(17-4-9-21(33-2)10-5-17)28-24(30)15-29(14-18-3-8-20(26)13-23(18)27)34(31,32)22-11-6-19(25)7-12-22/h3-13,16H,14-15H2,1-2H3,(H,28,30)/t16-/m0/s1. The lowest BCUT2D eigenvalue weighted by molar-refractivity contribution is -0.122. The molecule has 1 amide bonds. The maximum Gasteiger partial charge on any atom is 0.243 e. The first-order valence-corrected chi connectivity index (χ1v) is 14.4. The number of halogens is 3. The van der Waals surface area contributed by atoms with Crippen LogP contribution in [0.2, 0.25) is 10.0 Å². The van der Waals surface area contributed by atoms with Crippen LogP contribution in [0, 0.1) is 0 Å². The molecule has 0 aliphatic heterocycles. The number of carbonyl (C=O) groups is 1. The molecule has 0 unspecified atom stereocenters. The molecule has 3 aromatic rings. The Morgan fingerprint density at radius 1 is 1.06 bits per heavy atom. The van der Waals surface area contributed by atoms with Gasteiger partial charge in [-0.3, -0.25) is 4.79 Å². The Kier molecular flexibility index (Phi) is 9.49. The van der Waals surface area contributed by atoms with Gasteiger partial charge in [-0.1, -0.05) is 57.3 Å². The van der Waals surface area contributed by atoms with Crippen LogP contribution < -0.4 is 5.32 Å². The summed E-state index contributed by atoms with van der Waals surface area (Å²) in [6.45, 7) is 1.40. The summed E-state index contributed by atoms with van der Waals surface area (Å²) >= 11 is 17.2. The zero-order valence-electron chi connectivity index (χ0n) is 18.5. The normalized spacial score (nSPS) is 12.5. The van der Waals surface area contributed by atoms with Crippen molar-refractivity contribution in [3.05, 3.63) is 92.4 Å². The lowest BCUT2D eigenvalue weighted by atomic mass is 10.1. The molecule has 0 spiro atoms. The van der Waals surface area contributed by atoms with Crippen molar-refractivity contribution in [1.29, 1.82) is 0 Å². The highest BCUT2D eigenvalue weighted by atomic mass is 79.9. The van der Waals surface area contributed by atoms with Gasteiger partial charge in [-0.2, -0.15) is 4.31 Å². The van der Waals surface area contributed by atoms with Crippen LogP contribution in [-0.2, 0) is 21.4 Å². The second-order valence-electron chi connectivity index (χ2n) is 7.53. The summed E-state index contributed by atoms with van der Waals surface area (Å²) in [6.07, 6.45) is 1.99. The molecule has 5 nitrogen and oxygen atoms in total. The second kappa shape index (κ2) is 11.9. The summed E-state index contributed by atoms with van der Waals surface area (Å²) in [7, 11) is -3.99. The molecule has 0 heterocycles. The van der Waals surface area contributed by atoms with Crippen molar-refractivity contribution < 1.29 is 13.2 Å². The molecular weight excluding hydrogens is 579 g/mol. The van der Waals surface area contributed by atoms with E-state index in [4.69, 9.17) is 23.2 Å². The molecule has 3 aromatic carbocycles. The summed E-state index contributed by atoms with van der Waals surface area (Å²) in [6, 6.07) is 18.7.